The molecule has 1 saturated carbocycles. The van der Waals surface area contributed by atoms with Crippen LogP contribution in [-0.4, -0.2) is 18.7 Å². The van der Waals surface area contributed by atoms with Gasteiger partial charge < -0.3 is 10.1 Å². The Hall–Kier alpha value is -1.02. The van der Waals surface area contributed by atoms with Gasteiger partial charge in [-0.2, -0.15) is 0 Å². The monoisotopic (exact) mass is 247 g/mol. The molecule has 1 atom stereocenters. The molecule has 2 nitrogen and oxygen atoms in total. The van der Waals surface area contributed by atoms with E-state index in [9.17, 15) is 0 Å². The Morgan fingerprint density at radius 3 is 2.61 bits per heavy atom. The number of benzene rings is 1. The van der Waals surface area contributed by atoms with Crippen molar-refractivity contribution in [2.24, 2.45) is 5.92 Å². The summed E-state index contributed by atoms with van der Waals surface area (Å²) >= 11 is 0. The Kier molecular flexibility index (Phi) is 4.28. The maximum atomic E-state index is 6.20. The first-order chi connectivity index (χ1) is 8.58. The largest absolute Gasteiger partial charge is 0.489 e. The number of hydrogen-bond acceptors (Lipinski definition) is 2. The molecule has 0 spiro atoms. The van der Waals surface area contributed by atoms with E-state index in [0.29, 0.717) is 5.92 Å². The fourth-order valence-electron chi connectivity index (χ4n) is 2.00. The molecule has 0 aliphatic heterocycles. The van der Waals surface area contributed by atoms with Gasteiger partial charge in [0.15, 0.2) is 0 Å². The van der Waals surface area contributed by atoms with Crippen molar-refractivity contribution in [2.45, 2.75) is 52.7 Å². The molecule has 1 aromatic rings. The van der Waals surface area contributed by atoms with E-state index in [1.807, 2.05) is 0 Å². The van der Waals surface area contributed by atoms with Crippen LogP contribution in [0.4, 0.5) is 0 Å². The minimum atomic E-state index is 0.256. The highest BCUT2D eigenvalue weighted by Gasteiger charge is 2.24. The average Bonchev–Trinajstić information content (AvgIpc) is 3.13. The van der Waals surface area contributed by atoms with Crippen molar-refractivity contribution in [3.63, 3.8) is 0 Å². The predicted molar refractivity (Wildman–Crippen MR) is 76.2 cm³/mol. The zero-order valence-electron chi connectivity index (χ0n) is 12.0. The second kappa shape index (κ2) is 5.75. The molecule has 2 rings (SSSR count). The van der Waals surface area contributed by atoms with Crippen LogP contribution in [0.1, 0.15) is 37.8 Å². The molecule has 1 aromatic carbocycles. The minimum Gasteiger partial charge on any atom is -0.489 e. The van der Waals surface area contributed by atoms with Crippen LogP contribution in [0.3, 0.4) is 0 Å². The quantitative estimate of drug-likeness (QED) is 0.831. The Balaban J connectivity index is 2.00. The van der Waals surface area contributed by atoms with E-state index < -0.39 is 0 Å². The lowest BCUT2D eigenvalue weighted by atomic mass is 10.1. The first-order valence-corrected chi connectivity index (χ1v) is 7.04. The standard InChI is InChI=1S/C16H25NO/c1-11(2)16(10-17-14-8-9-14)18-15-7-5-6-12(3)13(15)4/h5-7,11,14,16-17H,8-10H2,1-4H3. The SMILES string of the molecule is Cc1cccc(OC(CNC2CC2)C(C)C)c1C. The van der Waals surface area contributed by atoms with Crippen molar-refractivity contribution in [1.82, 2.24) is 5.32 Å². The van der Waals surface area contributed by atoms with Gasteiger partial charge in [-0.05, 0) is 49.8 Å². The molecule has 1 aliphatic carbocycles. The molecule has 0 saturated heterocycles. The van der Waals surface area contributed by atoms with Crippen molar-refractivity contribution >= 4 is 0 Å². The van der Waals surface area contributed by atoms with E-state index >= 15 is 0 Å². The number of rotatable bonds is 6. The highest BCUT2D eigenvalue weighted by molar-refractivity contribution is 5.38. The topological polar surface area (TPSA) is 21.3 Å². The molecule has 0 amide bonds. The fraction of sp³-hybridized carbons (Fsp3) is 0.625. The highest BCUT2D eigenvalue weighted by Crippen LogP contribution is 2.24. The van der Waals surface area contributed by atoms with E-state index in [1.54, 1.807) is 0 Å². The number of hydrogen-bond donors (Lipinski definition) is 1. The summed E-state index contributed by atoms with van der Waals surface area (Å²) in [6, 6.07) is 7.03. The maximum Gasteiger partial charge on any atom is 0.122 e. The second-order valence-electron chi connectivity index (χ2n) is 5.78. The minimum absolute atomic E-state index is 0.256. The van der Waals surface area contributed by atoms with E-state index in [-0.39, 0.29) is 6.10 Å². The lowest BCUT2D eigenvalue weighted by molar-refractivity contribution is 0.147. The van der Waals surface area contributed by atoms with E-state index in [0.717, 1.165) is 18.3 Å². The van der Waals surface area contributed by atoms with Gasteiger partial charge >= 0.3 is 0 Å². The van der Waals surface area contributed by atoms with Gasteiger partial charge in [-0.15, -0.1) is 0 Å². The Morgan fingerprint density at radius 1 is 1.28 bits per heavy atom. The maximum absolute atomic E-state index is 6.20. The van der Waals surface area contributed by atoms with E-state index in [1.165, 1.54) is 24.0 Å². The van der Waals surface area contributed by atoms with Crippen LogP contribution in [0.25, 0.3) is 0 Å². The lowest BCUT2D eigenvalue weighted by Gasteiger charge is -2.24. The number of nitrogens with one attached hydrogen (secondary N) is 1. The highest BCUT2D eigenvalue weighted by atomic mass is 16.5. The van der Waals surface area contributed by atoms with Crippen LogP contribution in [0.15, 0.2) is 18.2 Å². The van der Waals surface area contributed by atoms with Crippen molar-refractivity contribution in [1.29, 1.82) is 0 Å². The van der Waals surface area contributed by atoms with Gasteiger partial charge in [0, 0.05) is 12.6 Å². The van der Waals surface area contributed by atoms with Gasteiger partial charge in [0.25, 0.3) is 0 Å². The zero-order chi connectivity index (χ0) is 13.1. The zero-order valence-corrected chi connectivity index (χ0v) is 12.0. The first kappa shape index (κ1) is 13.4. The summed E-state index contributed by atoms with van der Waals surface area (Å²) in [6.07, 6.45) is 2.91. The Labute approximate surface area is 111 Å². The summed E-state index contributed by atoms with van der Waals surface area (Å²) in [6.45, 7) is 9.68. The Bertz CT molecular complexity index is 396. The number of aryl methyl sites for hydroxylation is 1. The average molecular weight is 247 g/mol. The molecule has 100 valence electrons. The number of ether oxygens (including phenoxy) is 1. The Morgan fingerprint density at radius 2 is 2.00 bits per heavy atom. The summed E-state index contributed by atoms with van der Waals surface area (Å²) in [5, 5.41) is 3.57. The summed E-state index contributed by atoms with van der Waals surface area (Å²) < 4.78 is 6.20. The lowest BCUT2D eigenvalue weighted by Crippen LogP contribution is -2.36. The van der Waals surface area contributed by atoms with Crippen molar-refractivity contribution in [3.05, 3.63) is 29.3 Å². The predicted octanol–water partition coefficient (Wildman–Crippen LogP) is 3.46. The molecule has 2 heteroatoms. The van der Waals surface area contributed by atoms with Gasteiger partial charge in [0.2, 0.25) is 0 Å². The summed E-state index contributed by atoms with van der Waals surface area (Å²) in [4.78, 5) is 0. The van der Waals surface area contributed by atoms with Crippen molar-refractivity contribution < 1.29 is 4.74 Å². The van der Waals surface area contributed by atoms with E-state index in [2.05, 4.69) is 51.2 Å². The van der Waals surface area contributed by atoms with E-state index in [4.69, 9.17) is 4.74 Å². The first-order valence-electron chi connectivity index (χ1n) is 7.04. The van der Waals surface area contributed by atoms with Crippen LogP contribution in [-0.2, 0) is 0 Å². The smallest absolute Gasteiger partial charge is 0.122 e. The van der Waals surface area contributed by atoms with Crippen LogP contribution in [0.2, 0.25) is 0 Å². The van der Waals surface area contributed by atoms with Gasteiger partial charge in [-0.25, -0.2) is 0 Å². The normalized spacial score (nSPS) is 16.9. The van der Waals surface area contributed by atoms with Crippen molar-refractivity contribution in [2.75, 3.05) is 6.54 Å². The molecule has 1 unspecified atom stereocenters. The van der Waals surface area contributed by atoms with Gasteiger partial charge in [-0.3, -0.25) is 0 Å². The molecule has 0 radical (unpaired) electrons. The molecular weight excluding hydrogens is 222 g/mol. The van der Waals surface area contributed by atoms with Crippen LogP contribution in [0, 0.1) is 19.8 Å². The third kappa shape index (κ3) is 3.49. The summed E-state index contributed by atoms with van der Waals surface area (Å²) in [7, 11) is 0. The summed E-state index contributed by atoms with van der Waals surface area (Å²) in [5.74, 6) is 1.56. The van der Waals surface area contributed by atoms with Gasteiger partial charge in [0.1, 0.15) is 11.9 Å². The molecule has 0 heterocycles. The fourth-order valence-corrected chi connectivity index (χ4v) is 2.00. The molecule has 0 aromatic heterocycles. The van der Waals surface area contributed by atoms with Crippen molar-refractivity contribution in [3.8, 4) is 5.75 Å². The molecule has 1 aliphatic rings. The molecule has 0 bridgehead atoms. The third-order valence-corrected chi connectivity index (χ3v) is 3.76. The van der Waals surface area contributed by atoms with Gasteiger partial charge in [-0.1, -0.05) is 26.0 Å². The van der Waals surface area contributed by atoms with Crippen LogP contribution < -0.4 is 10.1 Å². The molecule has 18 heavy (non-hydrogen) atoms. The third-order valence-electron chi connectivity index (χ3n) is 3.76. The van der Waals surface area contributed by atoms with Crippen LogP contribution in [0.5, 0.6) is 5.75 Å². The molecule has 1 N–H and O–H groups in total. The summed E-state index contributed by atoms with van der Waals surface area (Å²) in [5.41, 5.74) is 2.56. The van der Waals surface area contributed by atoms with Gasteiger partial charge in [0.05, 0.1) is 0 Å². The van der Waals surface area contributed by atoms with Crippen LogP contribution >= 0.6 is 0 Å². The second-order valence-corrected chi connectivity index (χ2v) is 5.78. The molecule has 1 fully saturated rings. The molecular formula is C16H25NO.